The molecule has 0 aromatic heterocycles. The van der Waals surface area contributed by atoms with Crippen molar-refractivity contribution < 1.29 is 16.9 Å². The third kappa shape index (κ3) is 4.18. The summed E-state index contributed by atoms with van der Waals surface area (Å²) in [4.78, 5) is 0. The minimum absolute atomic E-state index is 0. The first-order valence-electron chi connectivity index (χ1n) is 6.18. The third-order valence-electron chi connectivity index (χ3n) is 3.45. The van der Waals surface area contributed by atoms with Crippen molar-refractivity contribution >= 4 is 0 Å². The molecule has 0 spiro atoms. The summed E-state index contributed by atoms with van der Waals surface area (Å²) in [6, 6.07) is 0. The molecular weight excluding hydrogens is 194 g/mol. The number of rotatable bonds is 5. The van der Waals surface area contributed by atoms with Crippen LogP contribution in [0.2, 0.25) is 0 Å². The van der Waals surface area contributed by atoms with Crippen molar-refractivity contribution in [3.05, 3.63) is 0 Å². The molecule has 0 saturated carbocycles. The number of halogens is 1. The van der Waals surface area contributed by atoms with Gasteiger partial charge in [-0.2, -0.15) is 0 Å². The Labute approximate surface area is 95.9 Å². The molecule has 1 nitrogen and oxygen atoms in total. The molecule has 1 fully saturated rings. The molecule has 1 aliphatic heterocycles. The highest BCUT2D eigenvalue weighted by molar-refractivity contribution is 4.54. The fourth-order valence-electron chi connectivity index (χ4n) is 2.71. The lowest BCUT2D eigenvalue weighted by Gasteiger charge is -2.41. The van der Waals surface area contributed by atoms with E-state index >= 15 is 0 Å². The number of hydrogen-bond donors (Lipinski definition) is 0. The van der Waals surface area contributed by atoms with Gasteiger partial charge in [-0.1, -0.05) is 20.3 Å². The number of quaternary nitrogens is 1. The van der Waals surface area contributed by atoms with Crippen LogP contribution in [0.1, 0.15) is 52.4 Å². The Morgan fingerprint density at radius 3 is 2.00 bits per heavy atom. The van der Waals surface area contributed by atoms with Crippen LogP contribution >= 0.6 is 0 Å². The summed E-state index contributed by atoms with van der Waals surface area (Å²) in [6.45, 7) is 10.5. The molecule has 1 rings (SSSR count). The fraction of sp³-hybridized carbons (Fsp3) is 1.00. The number of hydrogen-bond acceptors (Lipinski definition) is 0. The van der Waals surface area contributed by atoms with Crippen molar-refractivity contribution in [2.45, 2.75) is 52.4 Å². The van der Waals surface area contributed by atoms with Gasteiger partial charge in [-0.15, -0.1) is 0 Å². The Balaban J connectivity index is 0.00000169. The molecule has 0 unspecified atom stereocenters. The van der Waals surface area contributed by atoms with Crippen molar-refractivity contribution in [1.82, 2.24) is 0 Å². The van der Waals surface area contributed by atoms with Gasteiger partial charge in [0.15, 0.2) is 0 Å². The van der Waals surface area contributed by atoms with Crippen LogP contribution in [0.15, 0.2) is 0 Å². The lowest BCUT2D eigenvalue weighted by atomic mass is 10.1. The predicted molar refractivity (Wildman–Crippen MR) is 58.8 cm³/mol. The molecule has 0 amide bonds. The number of unbranched alkanes of at least 4 members (excludes halogenated alkanes) is 1. The van der Waals surface area contributed by atoms with Crippen LogP contribution in [0.3, 0.4) is 0 Å². The maximum absolute atomic E-state index is 2.33. The van der Waals surface area contributed by atoms with Gasteiger partial charge < -0.3 is 16.9 Å². The van der Waals surface area contributed by atoms with Crippen molar-refractivity contribution in [2.75, 3.05) is 26.2 Å². The lowest BCUT2D eigenvalue weighted by molar-refractivity contribution is -0.932. The van der Waals surface area contributed by atoms with Crippen molar-refractivity contribution in [3.8, 4) is 0 Å². The normalized spacial score (nSPS) is 20.1. The van der Waals surface area contributed by atoms with Crippen LogP contribution in [0.5, 0.6) is 0 Å². The summed E-state index contributed by atoms with van der Waals surface area (Å²) >= 11 is 0. The Morgan fingerprint density at radius 1 is 0.857 bits per heavy atom. The van der Waals surface area contributed by atoms with E-state index in [-0.39, 0.29) is 12.4 Å². The highest BCUT2D eigenvalue weighted by atomic mass is 35.5. The third-order valence-corrected chi connectivity index (χ3v) is 3.45. The van der Waals surface area contributed by atoms with Crippen molar-refractivity contribution in [1.29, 1.82) is 0 Å². The Kier molecular flexibility index (Phi) is 7.66. The maximum Gasteiger partial charge on any atom is 0.0786 e. The van der Waals surface area contributed by atoms with E-state index in [0.29, 0.717) is 0 Å². The van der Waals surface area contributed by atoms with E-state index in [1.165, 1.54) is 69.2 Å². The Morgan fingerprint density at radius 2 is 1.50 bits per heavy atom. The second-order valence-electron chi connectivity index (χ2n) is 4.65. The first kappa shape index (κ1) is 14.2. The molecule has 0 radical (unpaired) electrons. The van der Waals surface area contributed by atoms with Crippen LogP contribution < -0.4 is 12.4 Å². The van der Waals surface area contributed by atoms with E-state index in [4.69, 9.17) is 0 Å². The quantitative estimate of drug-likeness (QED) is 0.580. The smallest absolute Gasteiger partial charge is 0.0786 e. The van der Waals surface area contributed by atoms with Crippen LogP contribution in [0.4, 0.5) is 0 Å². The molecule has 1 saturated heterocycles. The monoisotopic (exact) mass is 219 g/mol. The van der Waals surface area contributed by atoms with Crippen LogP contribution in [0.25, 0.3) is 0 Å². The molecule has 0 aromatic carbocycles. The minimum atomic E-state index is 0. The second kappa shape index (κ2) is 7.53. The lowest BCUT2D eigenvalue weighted by Crippen LogP contribution is -3.00. The maximum atomic E-state index is 2.33. The molecule has 14 heavy (non-hydrogen) atoms. The average Bonchev–Trinajstić information content (AvgIpc) is 2.17. The predicted octanol–water partition coefficient (Wildman–Crippen LogP) is 0.201. The van der Waals surface area contributed by atoms with Gasteiger partial charge >= 0.3 is 0 Å². The molecule has 0 bridgehead atoms. The largest absolute Gasteiger partial charge is 1.00 e. The van der Waals surface area contributed by atoms with Gasteiger partial charge in [0.1, 0.15) is 0 Å². The highest BCUT2D eigenvalue weighted by Gasteiger charge is 2.27. The SMILES string of the molecule is CCCC[N+]1(CCC)CCCCC1.[Cl-]. The van der Waals surface area contributed by atoms with Gasteiger partial charge in [-0.05, 0) is 32.1 Å². The van der Waals surface area contributed by atoms with Gasteiger partial charge in [0.05, 0.1) is 26.2 Å². The van der Waals surface area contributed by atoms with Crippen molar-refractivity contribution in [2.24, 2.45) is 0 Å². The highest BCUT2D eigenvalue weighted by Crippen LogP contribution is 2.20. The van der Waals surface area contributed by atoms with Gasteiger partial charge in [-0.3, -0.25) is 0 Å². The van der Waals surface area contributed by atoms with E-state index in [1.54, 1.807) is 0 Å². The molecule has 0 atom stereocenters. The van der Waals surface area contributed by atoms with Gasteiger partial charge in [0.25, 0.3) is 0 Å². The summed E-state index contributed by atoms with van der Waals surface area (Å²) in [7, 11) is 0. The molecule has 2 heteroatoms. The summed E-state index contributed by atoms with van der Waals surface area (Å²) < 4.78 is 1.45. The molecular formula is C12H26ClN. The van der Waals surface area contributed by atoms with Crippen molar-refractivity contribution in [3.63, 3.8) is 0 Å². The van der Waals surface area contributed by atoms with Gasteiger partial charge in [0.2, 0.25) is 0 Å². The van der Waals surface area contributed by atoms with E-state index in [0.717, 1.165) is 0 Å². The first-order chi connectivity index (χ1) is 6.33. The summed E-state index contributed by atoms with van der Waals surface area (Å²) in [5, 5.41) is 0. The number of nitrogens with zero attached hydrogens (tertiary/aromatic N) is 1. The second-order valence-corrected chi connectivity index (χ2v) is 4.65. The van der Waals surface area contributed by atoms with E-state index < -0.39 is 0 Å². The molecule has 0 aliphatic carbocycles. The zero-order valence-electron chi connectivity index (χ0n) is 9.90. The van der Waals surface area contributed by atoms with Gasteiger partial charge in [-0.25, -0.2) is 0 Å². The summed E-state index contributed by atoms with van der Waals surface area (Å²) in [5.74, 6) is 0. The summed E-state index contributed by atoms with van der Waals surface area (Å²) in [5.41, 5.74) is 0. The standard InChI is InChI=1S/C12H26N.ClH/c1-3-5-10-13(9-4-2)11-7-6-8-12-13;/h3-12H2,1-2H3;1H/q+1;/p-1. The molecule has 0 N–H and O–H groups in total. The first-order valence-corrected chi connectivity index (χ1v) is 6.18. The van der Waals surface area contributed by atoms with Crippen LogP contribution in [-0.4, -0.2) is 30.7 Å². The number of piperidine rings is 1. The average molecular weight is 220 g/mol. The Hall–Kier alpha value is 0.250. The van der Waals surface area contributed by atoms with Crippen LogP contribution in [-0.2, 0) is 0 Å². The number of likely N-dealkylation sites (tertiary alicyclic amines) is 1. The minimum Gasteiger partial charge on any atom is -1.00 e. The van der Waals surface area contributed by atoms with E-state index in [2.05, 4.69) is 13.8 Å². The summed E-state index contributed by atoms with van der Waals surface area (Å²) in [6.07, 6.45) is 8.59. The molecule has 1 heterocycles. The fourth-order valence-corrected chi connectivity index (χ4v) is 2.71. The Bertz CT molecular complexity index is 125. The van der Waals surface area contributed by atoms with Crippen LogP contribution in [0, 0.1) is 0 Å². The molecule has 1 aliphatic rings. The topological polar surface area (TPSA) is 0 Å². The zero-order valence-corrected chi connectivity index (χ0v) is 10.7. The van der Waals surface area contributed by atoms with E-state index in [1.807, 2.05) is 0 Å². The van der Waals surface area contributed by atoms with E-state index in [9.17, 15) is 0 Å². The molecule has 0 aromatic rings. The van der Waals surface area contributed by atoms with Gasteiger partial charge in [0, 0.05) is 0 Å². The zero-order chi connectivity index (χ0) is 9.57. The molecule has 86 valence electrons.